The first-order chi connectivity index (χ1) is 15.4. The first-order valence-corrected chi connectivity index (χ1v) is 10.6. The number of aromatic nitrogens is 1. The van der Waals surface area contributed by atoms with Crippen LogP contribution in [-0.4, -0.2) is 46.4 Å². The van der Waals surface area contributed by atoms with Crippen LogP contribution in [0.1, 0.15) is 38.2 Å². The van der Waals surface area contributed by atoms with Crippen LogP contribution in [0.4, 0.5) is 10.5 Å². The molecule has 1 unspecified atom stereocenters. The standard InChI is InChI=1S/C23H26N4O5/c1-15(27-21(29)23(26-22(27)30)9-3-4-10-23)20(28)25-17-7-8-18(31-2)19(12-17)32-14-16-6-5-11-24-13-16/h5-8,11-13,15H,3-4,9-10,14H2,1-2H3,(H,25,28)(H,26,30). The third kappa shape index (κ3) is 4.10. The van der Waals surface area contributed by atoms with Crippen molar-refractivity contribution < 1.29 is 23.9 Å². The fourth-order valence-electron chi connectivity index (χ4n) is 4.19. The number of urea groups is 1. The quantitative estimate of drug-likeness (QED) is 0.644. The molecule has 1 saturated heterocycles. The number of pyridine rings is 1. The number of carbonyl (C=O) groups excluding carboxylic acids is 3. The Morgan fingerprint density at radius 3 is 2.72 bits per heavy atom. The zero-order valence-electron chi connectivity index (χ0n) is 18.1. The highest BCUT2D eigenvalue weighted by atomic mass is 16.5. The molecule has 1 saturated carbocycles. The van der Waals surface area contributed by atoms with Crippen LogP contribution in [0.15, 0.2) is 42.7 Å². The Balaban J connectivity index is 1.45. The second kappa shape index (κ2) is 8.86. The van der Waals surface area contributed by atoms with Crippen LogP contribution >= 0.6 is 0 Å². The molecule has 9 nitrogen and oxygen atoms in total. The first-order valence-electron chi connectivity index (χ1n) is 10.6. The predicted molar refractivity (Wildman–Crippen MR) is 116 cm³/mol. The number of ether oxygens (including phenoxy) is 2. The minimum Gasteiger partial charge on any atom is -0.493 e. The molecule has 1 aliphatic carbocycles. The van der Waals surface area contributed by atoms with E-state index >= 15 is 0 Å². The van der Waals surface area contributed by atoms with Crippen LogP contribution in [-0.2, 0) is 16.2 Å². The van der Waals surface area contributed by atoms with Crippen LogP contribution in [0.25, 0.3) is 0 Å². The third-order valence-electron chi connectivity index (χ3n) is 5.97. The molecular weight excluding hydrogens is 412 g/mol. The van der Waals surface area contributed by atoms with Gasteiger partial charge in [-0.1, -0.05) is 18.9 Å². The van der Waals surface area contributed by atoms with Gasteiger partial charge in [0.2, 0.25) is 5.91 Å². The van der Waals surface area contributed by atoms with Gasteiger partial charge in [0, 0.05) is 29.7 Å². The van der Waals surface area contributed by atoms with Gasteiger partial charge in [0.1, 0.15) is 18.2 Å². The summed E-state index contributed by atoms with van der Waals surface area (Å²) in [7, 11) is 1.53. The molecule has 1 atom stereocenters. The maximum atomic E-state index is 12.9. The van der Waals surface area contributed by atoms with E-state index in [2.05, 4.69) is 15.6 Å². The summed E-state index contributed by atoms with van der Waals surface area (Å²) in [5, 5.41) is 5.57. The topological polar surface area (TPSA) is 110 Å². The fourth-order valence-corrected chi connectivity index (χ4v) is 4.19. The molecule has 1 aromatic carbocycles. The second-order valence-electron chi connectivity index (χ2n) is 8.08. The number of nitrogens with zero attached hydrogens (tertiary/aromatic N) is 2. The number of methoxy groups -OCH3 is 1. The van der Waals surface area contributed by atoms with E-state index in [0.717, 1.165) is 23.3 Å². The molecule has 2 aromatic rings. The van der Waals surface area contributed by atoms with Gasteiger partial charge in [0.25, 0.3) is 5.91 Å². The van der Waals surface area contributed by atoms with Gasteiger partial charge in [-0.3, -0.25) is 14.6 Å². The lowest BCUT2D eigenvalue weighted by Crippen LogP contribution is -2.48. The van der Waals surface area contributed by atoms with Crippen molar-refractivity contribution >= 4 is 23.5 Å². The largest absolute Gasteiger partial charge is 0.493 e. The SMILES string of the molecule is COc1ccc(NC(=O)C(C)N2C(=O)NC3(CCCC3)C2=O)cc1OCc1cccnc1. The summed E-state index contributed by atoms with van der Waals surface area (Å²) in [4.78, 5) is 43.4. The number of imide groups is 1. The van der Waals surface area contributed by atoms with Crippen LogP contribution in [0, 0.1) is 0 Å². The molecule has 4 amide bonds. The summed E-state index contributed by atoms with van der Waals surface area (Å²) >= 11 is 0. The van der Waals surface area contributed by atoms with Crippen molar-refractivity contribution in [3.05, 3.63) is 48.3 Å². The van der Waals surface area contributed by atoms with Gasteiger partial charge >= 0.3 is 6.03 Å². The molecule has 168 valence electrons. The highest BCUT2D eigenvalue weighted by molar-refractivity contribution is 6.11. The predicted octanol–water partition coefficient (Wildman–Crippen LogP) is 2.86. The van der Waals surface area contributed by atoms with Crippen molar-refractivity contribution in [3.63, 3.8) is 0 Å². The van der Waals surface area contributed by atoms with Crippen molar-refractivity contribution in [2.24, 2.45) is 0 Å². The summed E-state index contributed by atoms with van der Waals surface area (Å²) in [5.74, 6) is 0.170. The molecule has 1 spiro atoms. The zero-order chi connectivity index (χ0) is 22.7. The Kier molecular flexibility index (Phi) is 5.98. The Morgan fingerprint density at radius 2 is 2.03 bits per heavy atom. The lowest BCUT2D eigenvalue weighted by Gasteiger charge is -2.23. The molecule has 9 heteroatoms. The van der Waals surface area contributed by atoms with E-state index in [1.54, 1.807) is 37.5 Å². The maximum Gasteiger partial charge on any atom is 0.325 e. The Hall–Kier alpha value is -3.62. The number of rotatable bonds is 7. The van der Waals surface area contributed by atoms with Gasteiger partial charge in [0.05, 0.1) is 7.11 Å². The number of hydrogen-bond acceptors (Lipinski definition) is 6. The Labute approximate surface area is 186 Å². The molecular formula is C23H26N4O5. The van der Waals surface area contributed by atoms with E-state index in [4.69, 9.17) is 9.47 Å². The van der Waals surface area contributed by atoms with E-state index < -0.39 is 23.5 Å². The van der Waals surface area contributed by atoms with Crippen molar-refractivity contribution in [3.8, 4) is 11.5 Å². The van der Waals surface area contributed by atoms with E-state index in [-0.39, 0.29) is 12.5 Å². The molecule has 32 heavy (non-hydrogen) atoms. The minimum atomic E-state index is -0.954. The average Bonchev–Trinajstić information content (AvgIpc) is 3.37. The number of nitrogens with one attached hydrogen (secondary N) is 2. The molecule has 4 rings (SSSR count). The number of amides is 4. The molecule has 0 radical (unpaired) electrons. The van der Waals surface area contributed by atoms with Crippen LogP contribution in [0.2, 0.25) is 0 Å². The molecule has 0 bridgehead atoms. The normalized spacial score (nSPS) is 17.9. The van der Waals surface area contributed by atoms with Crippen molar-refractivity contribution in [2.75, 3.05) is 12.4 Å². The van der Waals surface area contributed by atoms with E-state index in [1.165, 1.54) is 7.11 Å². The van der Waals surface area contributed by atoms with Gasteiger partial charge in [-0.05, 0) is 38.0 Å². The molecule has 2 fully saturated rings. The van der Waals surface area contributed by atoms with Gasteiger partial charge in [-0.15, -0.1) is 0 Å². The second-order valence-corrected chi connectivity index (χ2v) is 8.08. The van der Waals surface area contributed by atoms with Crippen molar-refractivity contribution in [1.29, 1.82) is 0 Å². The summed E-state index contributed by atoms with van der Waals surface area (Å²) in [6.07, 6.45) is 6.37. The number of hydrogen-bond donors (Lipinski definition) is 2. The zero-order valence-corrected chi connectivity index (χ0v) is 18.1. The molecule has 1 aliphatic heterocycles. The van der Waals surface area contributed by atoms with Crippen LogP contribution in [0.3, 0.4) is 0 Å². The highest BCUT2D eigenvalue weighted by Gasteiger charge is 2.54. The van der Waals surface area contributed by atoms with Crippen LogP contribution < -0.4 is 20.1 Å². The van der Waals surface area contributed by atoms with Gasteiger partial charge < -0.3 is 20.1 Å². The lowest BCUT2D eigenvalue weighted by atomic mass is 9.97. The van der Waals surface area contributed by atoms with Crippen LogP contribution in [0.5, 0.6) is 11.5 Å². The number of anilines is 1. The summed E-state index contributed by atoms with van der Waals surface area (Å²) in [6, 6.07) is 7.23. The van der Waals surface area contributed by atoms with Gasteiger partial charge in [-0.2, -0.15) is 0 Å². The summed E-state index contributed by atoms with van der Waals surface area (Å²) < 4.78 is 11.2. The molecule has 2 heterocycles. The van der Waals surface area contributed by atoms with Crippen molar-refractivity contribution in [2.45, 2.75) is 50.8 Å². The number of benzene rings is 1. The summed E-state index contributed by atoms with van der Waals surface area (Å²) in [6.45, 7) is 1.83. The smallest absolute Gasteiger partial charge is 0.325 e. The highest BCUT2D eigenvalue weighted by Crippen LogP contribution is 2.36. The monoisotopic (exact) mass is 438 g/mol. The maximum absolute atomic E-state index is 12.9. The van der Waals surface area contributed by atoms with Gasteiger partial charge in [-0.25, -0.2) is 9.69 Å². The fraction of sp³-hybridized carbons (Fsp3) is 0.391. The molecule has 2 N–H and O–H groups in total. The third-order valence-corrected chi connectivity index (χ3v) is 5.97. The first kappa shape index (κ1) is 21.6. The lowest BCUT2D eigenvalue weighted by molar-refractivity contribution is -0.136. The minimum absolute atomic E-state index is 0.280. The Morgan fingerprint density at radius 1 is 1.25 bits per heavy atom. The summed E-state index contributed by atoms with van der Waals surface area (Å²) in [5.41, 5.74) is 0.502. The van der Waals surface area contributed by atoms with Gasteiger partial charge in [0.15, 0.2) is 11.5 Å². The Bertz CT molecular complexity index is 1020. The van der Waals surface area contributed by atoms with Crippen molar-refractivity contribution in [1.82, 2.24) is 15.2 Å². The molecule has 2 aliphatic rings. The van der Waals surface area contributed by atoms with E-state index in [0.29, 0.717) is 30.0 Å². The number of carbonyl (C=O) groups is 3. The average molecular weight is 438 g/mol. The molecule has 1 aromatic heterocycles. The van der Waals surface area contributed by atoms with E-state index in [1.807, 2.05) is 12.1 Å². The van der Waals surface area contributed by atoms with E-state index in [9.17, 15) is 14.4 Å².